The van der Waals surface area contributed by atoms with E-state index in [-0.39, 0.29) is 18.3 Å². The fourth-order valence-corrected chi connectivity index (χ4v) is 2.66. The molecule has 0 aromatic heterocycles. The molecule has 0 radical (unpaired) electrons. The first-order chi connectivity index (χ1) is 11.7. The van der Waals surface area contributed by atoms with Gasteiger partial charge in [0.15, 0.2) is 11.5 Å². The van der Waals surface area contributed by atoms with Crippen molar-refractivity contribution in [2.24, 2.45) is 0 Å². The highest BCUT2D eigenvalue weighted by Crippen LogP contribution is 2.31. The molecule has 0 aliphatic carbocycles. The average Bonchev–Trinajstić information content (AvgIpc) is 2.85. The number of nitrogens with one attached hydrogen (secondary N) is 2. The van der Waals surface area contributed by atoms with E-state index in [1.165, 1.54) is 7.11 Å². The van der Waals surface area contributed by atoms with E-state index in [0.29, 0.717) is 35.9 Å². The highest BCUT2D eigenvalue weighted by Gasteiger charge is 2.17. The third kappa shape index (κ3) is 4.15. The zero-order chi connectivity index (χ0) is 16.9. The molecule has 2 aromatic rings. The van der Waals surface area contributed by atoms with E-state index in [9.17, 15) is 4.79 Å². The van der Waals surface area contributed by atoms with Gasteiger partial charge in [-0.05, 0) is 30.3 Å². The lowest BCUT2D eigenvalue weighted by molar-refractivity contribution is 0.102. The van der Waals surface area contributed by atoms with Crippen LogP contribution in [0.3, 0.4) is 0 Å². The van der Waals surface area contributed by atoms with E-state index < -0.39 is 0 Å². The summed E-state index contributed by atoms with van der Waals surface area (Å²) in [7, 11) is 3.05. The van der Waals surface area contributed by atoms with Crippen LogP contribution >= 0.6 is 12.4 Å². The minimum atomic E-state index is -0.256. The molecule has 2 N–H and O–H groups in total. The molecule has 2 aromatic carbocycles. The number of halogens is 1. The van der Waals surface area contributed by atoms with E-state index in [1.54, 1.807) is 25.3 Å². The molecule has 1 heterocycles. The second-order valence-electron chi connectivity index (χ2n) is 5.34. The van der Waals surface area contributed by atoms with Gasteiger partial charge in [0.1, 0.15) is 12.4 Å². The second kappa shape index (κ2) is 8.60. The Morgan fingerprint density at radius 1 is 1.20 bits per heavy atom. The number of rotatable bonds is 4. The van der Waals surface area contributed by atoms with Crippen LogP contribution in [0.5, 0.6) is 17.2 Å². The molecule has 0 atom stereocenters. The quantitative estimate of drug-likeness (QED) is 0.873. The Hall–Kier alpha value is -2.44. The summed E-state index contributed by atoms with van der Waals surface area (Å²) in [6.07, 6.45) is 0. The van der Waals surface area contributed by atoms with Crippen LogP contribution in [0.2, 0.25) is 0 Å². The molecular weight excluding hydrogens is 344 g/mol. The van der Waals surface area contributed by atoms with Crippen LogP contribution in [0.15, 0.2) is 36.4 Å². The number of methoxy groups -OCH3 is 2. The van der Waals surface area contributed by atoms with E-state index >= 15 is 0 Å². The van der Waals surface area contributed by atoms with Crippen LogP contribution in [0, 0.1) is 0 Å². The minimum absolute atomic E-state index is 0. The van der Waals surface area contributed by atoms with Crippen molar-refractivity contribution in [2.75, 3.05) is 32.7 Å². The Balaban J connectivity index is 0.00000225. The summed E-state index contributed by atoms with van der Waals surface area (Å²) in [5.41, 5.74) is 2.14. The number of para-hydroxylation sites is 1. The van der Waals surface area contributed by atoms with Gasteiger partial charge in [-0.3, -0.25) is 4.79 Å². The Morgan fingerprint density at radius 2 is 2.04 bits per heavy atom. The molecular formula is C18H21ClN2O4. The van der Waals surface area contributed by atoms with Crippen LogP contribution in [0.4, 0.5) is 5.69 Å². The normalized spacial score (nSPS) is 12.7. The summed E-state index contributed by atoms with van der Waals surface area (Å²) in [5, 5.41) is 6.17. The molecule has 0 unspecified atom stereocenters. The maximum atomic E-state index is 12.6. The van der Waals surface area contributed by atoms with Crippen LogP contribution in [-0.2, 0) is 6.54 Å². The van der Waals surface area contributed by atoms with Gasteiger partial charge in [-0.15, -0.1) is 12.4 Å². The van der Waals surface area contributed by atoms with Crippen LogP contribution in [-0.4, -0.2) is 33.3 Å². The van der Waals surface area contributed by atoms with Crippen molar-refractivity contribution in [1.82, 2.24) is 5.32 Å². The Morgan fingerprint density at radius 3 is 2.80 bits per heavy atom. The van der Waals surface area contributed by atoms with Gasteiger partial charge in [0.05, 0.1) is 19.8 Å². The second-order valence-corrected chi connectivity index (χ2v) is 5.34. The number of hydrogen-bond acceptors (Lipinski definition) is 5. The van der Waals surface area contributed by atoms with Crippen molar-refractivity contribution < 1.29 is 19.0 Å². The molecule has 0 fully saturated rings. The van der Waals surface area contributed by atoms with Gasteiger partial charge in [-0.2, -0.15) is 0 Å². The Bertz CT molecular complexity index is 752. The molecule has 6 nitrogen and oxygen atoms in total. The molecule has 3 rings (SSSR count). The van der Waals surface area contributed by atoms with Gasteiger partial charge in [0.2, 0.25) is 0 Å². The lowest BCUT2D eigenvalue weighted by Gasteiger charge is -2.13. The fraction of sp³-hybridized carbons (Fsp3) is 0.278. The fourth-order valence-electron chi connectivity index (χ4n) is 2.66. The first-order valence-electron chi connectivity index (χ1n) is 7.71. The molecule has 1 aliphatic rings. The van der Waals surface area contributed by atoms with Crippen LogP contribution < -0.4 is 24.8 Å². The molecule has 25 heavy (non-hydrogen) atoms. The molecule has 0 bridgehead atoms. The predicted molar refractivity (Wildman–Crippen MR) is 98.4 cm³/mol. The number of anilines is 1. The first kappa shape index (κ1) is 18.9. The largest absolute Gasteiger partial charge is 0.493 e. The maximum Gasteiger partial charge on any atom is 0.259 e. The third-order valence-electron chi connectivity index (χ3n) is 3.82. The zero-order valence-electron chi connectivity index (χ0n) is 14.1. The van der Waals surface area contributed by atoms with Crippen molar-refractivity contribution in [2.45, 2.75) is 6.54 Å². The Labute approximate surface area is 152 Å². The van der Waals surface area contributed by atoms with E-state index in [1.807, 2.05) is 18.2 Å². The van der Waals surface area contributed by atoms with E-state index in [2.05, 4.69) is 10.6 Å². The van der Waals surface area contributed by atoms with Crippen molar-refractivity contribution in [3.63, 3.8) is 0 Å². The summed E-state index contributed by atoms with van der Waals surface area (Å²) in [5.74, 6) is 1.52. The molecule has 7 heteroatoms. The number of amides is 1. The number of carbonyl (C=O) groups is 1. The van der Waals surface area contributed by atoms with Crippen molar-refractivity contribution in [3.8, 4) is 17.2 Å². The number of carbonyl (C=O) groups excluding carboxylic acids is 1. The highest BCUT2D eigenvalue weighted by molar-refractivity contribution is 6.06. The summed E-state index contributed by atoms with van der Waals surface area (Å²) < 4.78 is 16.2. The van der Waals surface area contributed by atoms with E-state index in [0.717, 1.165) is 17.9 Å². The zero-order valence-corrected chi connectivity index (χ0v) is 14.9. The third-order valence-corrected chi connectivity index (χ3v) is 3.82. The van der Waals surface area contributed by atoms with Crippen molar-refractivity contribution in [1.29, 1.82) is 0 Å². The molecule has 0 saturated carbocycles. The van der Waals surface area contributed by atoms with Crippen molar-refractivity contribution in [3.05, 3.63) is 47.5 Å². The number of hydrogen-bond donors (Lipinski definition) is 2. The molecule has 0 spiro atoms. The summed E-state index contributed by atoms with van der Waals surface area (Å²) in [4.78, 5) is 12.6. The predicted octanol–water partition coefficient (Wildman–Crippen LogP) is 2.86. The number of ether oxygens (including phenoxy) is 3. The molecule has 1 amide bonds. The van der Waals surface area contributed by atoms with Crippen LogP contribution in [0.1, 0.15) is 15.9 Å². The number of fused-ring (bicyclic) bond motifs is 1. The lowest BCUT2D eigenvalue weighted by Crippen LogP contribution is -2.16. The van der Waals surface area contributed by atoms with Gasteiger partial charge < -0.3 is 24.8 Å². The van der Waals surface area contributed by atoms with Gasteiger partial charge in [0, 0.05) is 24.3 Å². The SMILES string of the molecule is COc1cccc(C(=O)Nc2ccc3c(c2)CNCCO3)c1OC.Cl. The maximum absolute atomic E-state index is 12.6. The summed E-state index contributed by atoms with van der Waals surface area (Å²) in [6, 6.07) is 10.8. The topological polar surface area (TPSA) is 68.8 Å². The molecule has 1 aliphatic heterocycles. The van der Waals surface area contributed by atoms with Gasteiger partial charge in [-0.1, -0.05) is 6.07 Å². The summed E-state index contributed by atoms with van der Waals surface area (Å²) in [6.45, 7) is 2.15. The van der Waals surface area contributed by atoms with Gasteiger partial charge >= 0.3 is 0 Å². The molecule has 0 saturated heterocycles. The van der Waals surface area contributed by atoms with Gasteiger partial charge in [0.25, 0.3) is 5.91 Å². The summed E-state index contributed by atoms with van der Waals surface area (Å²) >= 11 is 0. The smallest absolute Gasteiger partial charge is 0.259 e. The van der Waals surface area contributed by atoms with Gasteiger partial charge in [-0.25, -0.2) is 0 Å². The lowest BCUT2D eigenvalue weighted by atomic mass is 10.1. The monoisotopic (exact) mass is 364 g/mol. The number of benzene rings is 2. The highest BCUT2D eigenvalue weighted by atomic mass is 35.5. The van der Waals surface area contributed by atoms with E-state index in [4.69, 9.17) is 14.2 Å². The average molecular weight is 365 g/mol. The Kier molecular flexibility index (Phi) is 6.50. The van der Waals surface area contributed by atoms with Crippen molar-refractivity contribution >= 4 is 24.0 Å². The standard InChI is InChI=1S/C18H20N2O4.ClH/c1-22-16-5-3-4-14(17(16)23-2)18(21)20-13-6-7-15-12(10-13)11-19-8-9-24-15;/h3-7,10,19H,8-9,11H2,1-2H3,(H,20,21);1H. The first-order valence-corrected chi connectivity index (χ1v) is 7.71. The van der Waals surface area contributed by atoms with Crippen LogP contribution in [0.25, 0.3) is 0 Å². The molecule has 134 valence electrons. The minimum Gasteiger partial charge on any atom is -0.493 e.